The zero-order valence-corrected chi connectivity index (χ0v) is 10.1. The van der Waals surface area contributed by atoms with E-state index in [-0.39, 0.29) is 12.3 Å². The van der Waals surface area contributed by atoms with Gasteiger partial charge in [0, 0.05) is 13.0 Å². The van der Waals surface area contributed by atoms with Gasteiger partial charge in [0.15, 0.2) is 0 Å². The van der Waals surface area contributed by atoms with E-state index in [1.165, 1.54) is 0 Å². The fourth-order valence-electron chi connectivity index (χ4n) is 1.14. The number of nitrogens with two attached hydrogens (primary N) is 1. The number of amides is 1. The zero-order valence-electron chi connectivity index (χ0n) is 10.1. The molecule has 0 spiro atoms. The first kappa shape index (κ1) is 14.9. The van der Waals surface area contributed by atoms with E-state index >= 15 is 0 Å². The van der Waals surface area contributed by atoms with Crippen molar-refractivity contribution in [2.75, 3.05) is 6.54 Å². The summed E-state index contributed by atoms with van der Waals surface area (Å²) in [5.41, 5.74) is 4.95. The van der Waals surface area contributed by atoms with Gasteiger partial charge in [0.2, 0.25) is 5.91 Å². The summed E-state index contributed by atoms with van der Waals surface area (Å²) in [5, 5.41) is 11.2. The van der Waals surface area contributed by atoms with Crippen LogP contribution in [0, 0.1) is 0 Å². The van der Waals surface area contributed by atoms with Crippen LogP contribution < -0.4 is 11.1 Å². The highest BCUT2D eigenvalue weighted by Gasteiger charge is 2.24. The third kappa shape index (κ3) is 6.40. The summed E-state index contributed by atoms with van der Waals surface area (Å²) < 4.78 is 0. The van der Waals surface area contributed by atoms with Gasteiger partial charge < -0.3 is 16.2 Å². The predicted octanol–water partition coefficient (Wildman–Crippen LogP) is 0.875. The van der Waals surface area contributed by atoms with Crippen LogP contribution in [-0.4, -0.2) is 29.1 Å². The van der Waals surface area contributed by atoms with Crippen molar-refractivity contribution in [3.05, 3.63) is 0 Å². The van der Waals surface area contributed by atoms with Crippen molar-refractivity contribution in [2.24, 2.45) is 5.73 Å². The topological polar surface area (TPSA) is 92.4 Å². The maximum atomic E-state index is 11.5. The van der Waals surface area contributed by atoms with Gasteiger partial charge in [-0.25, -0.2) is 0 Å². The lowest BCUT2D eigenvalue weighted by Crippen LogP contribution is -2.51. The van der Waals surface area contributed by atoms with Gasteiger partial charge in [-0.3, -0.25) is 9.59 Å². The van der Waals surface area contributed by atoms with Crippen LogP contribution in [0.15, 0.2) is 0 Å². The van der Waals surface area contributed by atoms with Crippen molar-refractivity contribution in [1.29, 1.82) is 0 Å². The lowest BCUT2D eigenvalue weighted by Gasteiger charge is -2.21. The first-order chi connectivity index (χ1) is 7.40. The number of hydrogen-bond acceptors (Lipinski definition) is 3. The van der Waals surface area contributed by atoms with Crippen molar-refractivity contribution < 1.29 is 14.7 Å². The molecular formula is C11H22N2O3. The SMILES string of the molecule is CCC(C)(N)C(=O)NCCCCCC(=O)O. The standard InChI is InChI=1S/C11H22N2O3/c1-3-11(2,12)10(16)13-8-6-4-5-7-9(14)15/h3-8,12H2,1-2H3,(H,13,16)(H,14,15). The Morgan fingerprint density at radius 2 is 1.94 bits per heavy atom. The molecule has 0 radical (unpaired) electrons. The Hall–Kier alpha value is -1.10. The molecule has 0 fully saturated rings. The Morgan fingerprint density at radius 3 is 2.44 bits per heavy atom. The molecule has 1 atom stereocenters. The van der Waals surface area contributed by atoms with Gasteiger partial charge in [-0.05, 0) is 26.2 Å². The molecule has 1 unspecified atom stereocenters. The average molecular weight is 230 g/mol. The minimum absolute atomic E-state index is 0.145. The molecular weight excluding hydrogens is 208 g/mol. The summed E-state index contributed by atoms with van der Waals surface area (Å²) in [6.07, 6.45) is 3.03. The summed E-state index contributed by atoms with van der Waals surface area (Å²) in [5.74, 6) is -0.919. The minimum atomic E-state index is -0.804. The molecule has 0 aromatic heterocycles. The van der Waals surface area contributed by atoms with E-state index in [2.05, 4.69) is 5.32 Å². The van der Waals surface area contributed by atoms with Gasteiger partial charge in [-0.2, -0.15) is 0 Å². The number of carboxylic acids is 1. The van der Waals surface area contributed by atoms with Crippen LogP contribution in [0.3, 0.4) is 0 Å². The monoisotopic (exact) mass is 230 g/mol. The maximum absolute atomic E-state index is 11.5. The molecule has 94 valence electrons. The van der Waals surface area contributed by atoms with Crippen LogP contribution in [0.4, 0.5) is 0 Å². The van der Waals surface area contributed by atoms with Crippen molar-refractivity contribution >= 4 is 11.9 Å². The summed E-state index contributed by atoms with van der Waals surface area (Å²) in [7, 11) is 0. The molecule has 0 saturated heterocycles. The molecule has 0 saturated carbocycles. The second-order valence-corrected chi connectivity index (χ2v) is 4.23. The van der Waals surface area contributed by atoms with Gasteiger partial charge in [-0.15, -0.1) is 0 Å². The number of unbranched alkanes of at least 4 members (excludes halogenated alkanes) is 2. The van der Waals surface area contributed by atoms with Crippen molar-refractivity contribution in [3.63, 3.8) is 0 Å². The van der Waals surface area contributed by atoms with Crippen LogP contribution in [0.1, 0.15) is 46.0 Å². The van der Waals surface area contributed by atoms with Gasteiger partial charge in [0.25, 0.3) is 0 Å². The molecule has 4 N–H and O–H groups in total. The van der Waals surface area contributed by atoms with Gasteiger partial charge in [0.1, 0.15) is 0 Å². The Kier molecular flexibility index (Phi) is 6.72. The minimum Gasteiger partial charge on any atom is -0.481 e. The third-order valence-corrected chi connectivity index (χ3v) is 2.61. The largest absolute Gasteiger partial charge is 0.481 e. The zero-order chi connectivity index (χ0) is 12.6. The molecule has 0 rings (SSSR count). The van der Waals surface area contributed by atoms with E-state index in [0.29, 0.717) is 19.4 Å². The lowest BCUT2D eigenvalue weighted by molar-refractivity contribution is -0.137. The highest BCUT2D eigenvalue weighted by atomic mass is 16.4. The highest BCUT2D eigenvalue weighted by molar-refractivity contribution is 5.85. The molecule has 5 nitrogen and oxygen atoms in total. The Bertz CT molecular complexity index is 239. The molecule has 1 amide bonds. The molecule has 0 heterocycles. The van der Waals surface area contributed by atoms with Gasteiger partial charge >= 0.3 is 5.97 Å². The fraction of sp³-hybridized carbons (Fsp3) is 0.818. The van der Waals surface area contributed by atoms with E-state index in [1.807, 2.05) is 6.92 Å². The highest BCUT2D eigenvalue weighted by Crippen LogP contribution is 2.04. The molecule has 0 aromatic carbocycles. The number of rotatable bonds is 8. The normalized spacial score (nSPS) is 14.2. The quantitative estimate of drug-likeness (QED) is 0.539. The number of carboxylic acid groups (broad SMARTS) is 1. The average Bonchev–Trinajstić information content (AvgIpc) is 2.22. The molecule has 5 heteroatoms. The third-order valence-electron chi connectivity index (χ3n) is 2.61. The number of carbonyl (C=O) groups is 2. The number of hydrogen-bond donors (Lipinski definition) is 3. The van der Waals surface area contributed by atoms with Crippen molar-refractivity contribution in [3.8, 4) is 0 Å². The number of carbonyl (C=O) groups excluding carboxylic acids is 1. The van der Waals surface area contributed by atoms with E-state index in [0.717, 1.165) is 12.8 Å². The Morgan fingerprint density at radius 1 is 1.31 bits per heavy atom. The summed E-state index contributed by atoms with van der Waals surface area (Å²) >= 11 is 0. The first-order valence-corrected chi connectivity index (χ1v) is 5.69. The molecule has 0 aliphatic carbocycles. The number of aliphatic carboxylic acids is 1. The summed E-state index contributed by atoms with van der Waals surface area (Å²) in [6.45, 7) is 4.13. The lowest BCUT2D eigenvalue weighted by atomic mass is 9.99. The van der Waals surface area contributed by atoms with E-state index in [9.17, 15) is 9.59 Å². The van der Waals surface area contributed by atoms with Gasteiger partial charge in [-0.1, -0.05) is 13.3 Å². The van der Waals surface area contributed by atoms with Crippen LogP contribution >= 0.6 is 0 Å². The maximum Gasteiger partial charge on any atom is 0.303 e. The van der Waals surface area contributed by atoms with Crippen molar-refractivity contribution in [1.82, 2.24) is 5.32 Å². The molecule has 0 aliphatic rings. The summed E-state index contributed by atoms with van der Waals surface area (Å²) in [4.78, 5) is 21.7. The van der Waals surface area contributed by atoms with Crippen LogP contribution in [0.2, 0.25) is 0 Å². The second kappa shape index (κ2) is 7.22. The van der Waals surface area contributed by atoms with E-state index in [1.54, 1.807) is 6.92 Å². The van der Waals surface area contributed by atoms with E-state index in [4.69, 9.17) is 10.8 Å². The van der Waals surface area contributed by atoms with Crippen LogP contribution in [-0.2, 0) is 9.59 Å². The molecule has 16 heavy (non-hydrogen) atoms. The number of nitrogens with one attached hydrogen (secondary N) is 1. The van der Waals surface area contributed by atoms with Crippen LogP contribution in [0.5, 0.6) is 0 Å². The van der Waals surface area contributed by atoms with Gasteiger partial charge in [0.05, 0.1) is 5.54 Å². The second-order valence-electron chi connectivity index (χ2n) is 4.23. The predicted molar refractivity (Wildman–Crippen MR) is 62.0 cm³/mol. The Labute approximate surface area is 96.4 Å². The van der Waals surface area contributed by atoms with Crippen molar-refractivity contribution in [2.45, 2.75) is 51.5 Å². The Balaban J connectivity index is 3.52. The molecule has 0 aliphatic heterocycles. The molecule has 0 bridgehead atoms. The van der Waals surface area contributed by atoms with Crippen LogP contribution in [0.25, 0.3) is 0 Å². The first-order valence-electron chi connectivity index (χ1n) is 5.69. The van der Waals surface area contributed by atoms with E-state index < -0.39 is 11.5 Å². The smallest absolute Gasteiger partial charge is 0.303 e. The fourth-order valence-corrected chi connectivity index (χ4v) is 1.14. The molecule has 0 aromatic rings. The summed E-state index contributed by atoms with van der Waals surface area (Å²) in [6, 6.07) is 0.